The molecule has 7 nitrogen and oxygen atoms in total. The number of ether oxygens (including phenoxy) is 1. The number of hydrogen-bond acceptors (Lipinski definition) is 6. The number of aromatic carboxylic acids is 1. The second-order valence-electron chi connectivity index (χ2n) is 12.0. The summed E-state index contributed by atoms with van der Waals surface area (Å²) < 4.78 is 52.6. The van der Waals surface area contributed by atoms with Crippen LogP contribution in [0.25, 0.3) is 28.2 Å². The molecule has 7 rings (SSSR count). The van der Waals surface area contributed by atoms with Crippen molar-refractivity contribution >= 4 is 28.6 Å². The summed E-state index contributed by atoms with van der Waals surface area (Å²) in [5.74, 6) is 0.291. The van der Waals surface area contributed by atoms with Crippen molar-refractivity contribution in [2.75, 3.05) is 25.1 Å². The second-order valence-corrected chi connectivity index (χ2v) is 12.0. The first kappa shape index (κ1) is 27.5. The minimum absolute atomic E-state index is 0.0567. The maximum Gasteiger partial charge on any atom is 0.417 e. The zero-order valence-corrected chi connectivity index (χ0v) is 23.6. The van der Waals surface area contributed by atoms with Crippen molar-refractivity contribution in [3.05, 3.63) is 76.7 Å². The Kier molecular flexibility index (Phi) is 6.48. The van der Waals surface area contributed by atoms with Crippen LogP contribution in [0.1, 0.15) is 71.8 Å². The van der Waals surface area contributed by atoms with Crippen molar-refractivity contribution < 1.29 is 32.3 Å². The van der Waals surface area contributed by atoms with E-state index in [1.807, 2.05) is 24.3 Å². The zero-order valence-electron chi connectivity index (χ0n) is 23.6. The topological polar surface area (TPSA) is 88.7 Å². The molecule has 2 saturated carbocycles. The summed E-state index contributed by atoms with van der Waals surface area (Å²) >= 11 is 0. The third-order valence-electron chi connectivity index (χ3n) is 9.13. The smallest absolute Gasteiger partial charge is 0.417 e. The molecule has 3 heterocycles. The lowest BCUT2D eigenvalue weighted by atomic mass is 9.60. The molecule has 0 amide bonds. The number of carbonyl (C=O) groups is 1. The predicted molar refractivity (Wildman–Crippen MR) is 155 cm³/mol. The minimum atomic E-state index is -4.48. The normalized spacial score (nSPS) is 18.1. The van der Waals surface area contributed by atoms with Crippen LogP contribution in [0.15, 0.2) is 58.6 Å². The first-order valence-electron chi connectivity index (χ1n) is 14.5. The third kappa shape index (κ3) is 5.02. The highest BCUT2D eigenvalue weighted by Crippen LogP contribution is 2.54. The summed E-state index contributed by atoms with van der Waals surface area (Å²) in [5.41, 5.74) is 3.27. The standard InChI is InChI=1S/C33H30F3N3O4/c1-42-28-16-27(31(40)41)37-26-9-8-21(15-23(26)28)39-12-10-32(11-13-39)17-19(18-32)14-24-29(38-43-30(24)20-6-7-20)22-4-2-3-5-25(22)33(34,35)36/h2-5,8-9,14-16,20H,6-7,10-13,17-18H2,1H3,(H,40,41). The number of benzene rings is 2. The SMILES string of the molecule is COc1cc(C(=O)O)nc2ccc(N3CCC4(CC3)CC(=Cc3c(-c5ccccc5C(F)(F)F)noc3C3CC3)C4)cc12. The highest BCUT2D eigenvalue weighted by molar-refractivity contribution is 5.94. The Morgan fingerprint density at radius 3 is 2.53 bits per heavy atom. The van der Waals surface area contributed by atoms with E-state index in [-0.39, 0.29) is 28.3 Å². The molecule has 2 aliphatic carbocycles. The number of anilines is 1. The predicted octanol–water partition coefficient (Wildman–Crippen LogP) is 7.96. The summed E-state index contributed by atoms with van der Waals surface area (Å²) in [7, 11) is 1.52. The van der Waals surface area contributed by atoms with Gasteiger partial charge in [-0.25, -0.2) is 9.78 Å². The second kappa shape index (κ2) is 10.1. The number of alkyl halides is 3. The maximum absolute atomic E-state index is 13.8. The van der Waals surface area contributed by atoms with Crippen LogP contribution in [0.4, 0.5) is 18.9 Å². The van der Waals surface area contributed by atoms with Gasteiger partial charge >= 0.3 is 12.1 Å². The molecule has 3 fully saturated rings. The number of methoxy groups -OCH3 is 1. The molecule has 0 unspecified atom stereocenters. The van der Waals surface area contributed by atoms with E-state index in [9.17, 15) is 23.1 Å². The number of rotatable bonds is 6. The highest BCUT2D eigenvalue weighted by Gasteiger charge is 2.44. The Morgan fingerprint density at radius 1 is 1.12 bits per heavy atom. The number of piperidine rings is 1. The van der Waals surface area contributed by atoms with Gasteiger partial charge in [0.1, 0.15) is 17.2 Å². The lowest BCUT2D eigenvalue weighted by Crippen LogP contribution is -2.44. The number of pyridine rings is 1. The number of allylic oxidation sites excluding steroid dienone is 1. The highest BCUT2D eigenvalue weighted by atomic mass is 19.4. The third-order valence-corrected chi connectivity index (χ3v) is 9.13. The van der Waals surface area contributed by atoms with Gasteiger partial charge in [-0.05, 0) is 74.3 Å². The van der Waals surface area contributed by atoms with Gasteiger partial charge in [0.25, 0.3) is 0 Å². The van der Waals surface area contributed by atoms with Gasteiger partial charge in [0.15, 0.2) is 5.69 Å². The van der Waals surface area contributed by atoms with E-state index in [2.05, 4.69) is 15.0 Å². The Labute approximate surface area is 246 Å². The fourth-order valence-corrected chi connectivity index (χ4v) is 6.69. The molecule has 3 aliphatic rings. The van der Waals surface area contributed by atoms with Crippen LogP contribution in [-0.2, 0) is 6.18 Å². The van der Waals surface area contributed by atoms with Crippen LogP contribution in [0.5, 0.6) is 5.75 Å². The lowest BCUT2D eigenvalue weighted by Gasteiger charge is -2.50. The summed E-state index contributed by atoms with van der Waals surface area (Å²) in [6.45, 7) is 1.74. The Balaban J connectivity index is 1.09. The molecule has 4 aromatic rings. The quantitative estimate of drug-likeness (QED) is 0.244. The molecule has 0 radical (unpaired) electrons. The molecule has 0 bridgehead atoms. The average Bonchev–Trinajstić information content (AvgIpc) is 3.75. The van der Waals surface area contributed by atoms with Gasteiger partial charge in [-0.15, -0.1) is 0 Å². The number of carboxylic acid groups (broad SMARTS) is 1. The summed E-state index contributed by atoms with van der Waals surface area (Å²) in [5, 5.41) is 14.3. The summed E-state index contributed by atoms with van der Waals surface area (Å²) in [6.07, 6.45) is 3.29. The lowest BCUT2D eigenvalue weighted by molar-refractivity contribution is -0.137. The molecule has 1 saturated heterocycles. The van der Waals surface area contributed by atoms with Crippen LogP contribution in [0.2, 0.25) is 0 Å². The molecular formula is C33H30F3N3O4. The molecule has 0 atom stereocenters. The van der Waals surface area contributed by atoms with Crippen molar-refractivity contribution in [1.29, 1.82) is 0 Å². The fourth-order valence-electron chi connectivity index (χ4n) is 6.69. The van der Waals surface area contributed by atoms with Crippen LogP contribution < -0.4 is 9.64 Å². The van der Waals surface area contributed by atoms with Crippen molar-refractivity contribution in [3.8, 4) is 17.0 Å². The molecule has 222 valence electrons. The molecular weight excluding hydrogens is 559 g/mol. The average molecular weight is 590 g/mol. The zero-order chi connectivity index (χ0) is 29.9. The molecule has 43 heavy (non-hydrogen) atoms. The van der Waals surface area contributed by atoms with Gasteiger partial charge in [-0.2, -0.15) is 13.2 Å². The van der Waals surface area contributed by atoms with Gasteiger partial charge in [-0.1, -0.05) is 28.9 Å². The largest absolute Gasteiger partial charge is 0.496 e. The Hall–Kier alpha value is -4.34. The number of nitrogens with zero attached hydrogens (tertiary/aromatic N) is 3. The molecule has 1 aliphatic heterocycles. The van der Waals surface area contributed by atoms with Gasteiger partial charge in [-0.3, -0.25) is 0 Å². The number of fused-ring (bicyclic) bond motifs is 1. The molecule has 2 aromatic heterocycles. The minimum Gasteiger partial charge on any atom is -0.496 e. The van der Waals surface area contributed by atoms with Gasteiger partial charge in [0.2, 0.25) is 0 Å². The van der Waals surface area contributed by atoms with E-state index >= 15 is 0 Å². The molecule has 1 N–H and O–H groups in total. The van der Waals surface area contributed by atoms with E-state index in [0.717, 1.165) is 68.8 Å². The van der Waals surface area contributed by atoms with E-state index in [1.165, 1.54) is 30.9 Å². The van der Waals surface area contributed by atoms with Crippen molar-refractivity contribution in [1.82, 2.24) is 10.1 Å². The van der Waals surface area contributed by atoms with Crippen LogP contribution >= 0.6 is 0 Å². The van der Waals surface area contributed by atoms with E-state index in [0.29, 0.717) is 22.6 Å². The number of aromatic nitrogens is 2. The molecule has 2 aromatic carbocycles. The van der Waals surface area contributed by atoms with Gasteiger partial charge in [0, 0.05) is 47.3 Å². The van der Waals surface area contributed by atoms with Gasteiger partial charge < -0.3 is 19.3 Å². The fraction of sp³-hybridized carbons (Fsp3) is 0.364. The van der Waals surface area contributed by atoms with Crippen molar-refractivity contribution in [2.24, 2.45) is 5.41 Å². The maximum atomic E-state index is 13.8. The number of carboxylic acids is 1. The van der Waals surface area contributed by atoms with Crippen LogP contribution in [0.3, 0.4) is 0 Å². The first-order valence-corrected chi connectivity index (χ1v) is 14.5. The Bertz CT molecular complexity index is 1760. The molecule has 10 heteroatoms. The van der Waals surface area contributed by atoms with E-state index in [4.69, 9.17) is 9.26 Å². The first-order chi connectivity index (χ1) is 20.6. The molecule has 1 spiro atoms. The monoisotopic (exact) mass is 589 g/mol. The van der Waals surface area contributed by atoms with Crippen LogP contribution in [0, 0.1) is 5.41 Å². The van der Waals surface area contributed by atoms with E-state index in [1.54, 1.807) is 6.07 Å². The van der Waals surface area contributed by atoms with E-state index < -0.39 is 17.7 Å². The van der Waals surface area contributed by atoms with Crippen molar-refractivity contribution in [2.45, 2.75) is 50.6 Å². The number of halogens is 3. The summed E-state index contributed by atoms with van der Waals surface area (Å²) in [4.78, 5) is 18.0. The number of hydrogen-bond donors (Lipinski definition) is 1. The van der Waals surface area contributed by atoms with Crippen molar-refractivity contribution in [3.63, 3.8) is 0 Å². The Morgan fingerprint density at radius 2 is 1.86 bits per heavy atom. The van der Waals surface area contributed by atoms with Crippen LogP contribution in [-0.4, -0.2) is 41.4 Å². The summed E-state index contributed by atoms with van der Waals surface area (Å²) in [6, 6.07) is 12.8. The van der Waals surface area contributed by atoms with Gasteiger partial charge in [0.05, 0.1) is 18.2 Å².